The molecule has 0 unspecified atom stereocenters. The first-order chi connectivity index (χ1) is 7.72. The van der Waals surface area contributed by atoms with Gasteiger partial charge in [0, 0.05) is 6.42 Å². The Morgan fingerprint density at radius 3 is 2.71 bits per heavy atom. The molecule has 0 aromatic rings. The highest BCUT2D eigenvalue weighted by Gasteiger charge is 2.46. The largest absolute Gasteiger partial charge is 0.390 e. The first kappa shape index (κ1) is 12.8. The number of fused-ring (bicyclic) bond motifs is 1. The lowest BCUT2D eigenvalue weighted by Gasteiger charge is -2.49. The molecule has 2 aliphatic rings. The summed E-state index contributed by atoms with van der Waals surface area (Å²) in [6, 6.07) is 0. The molecule has 17 heavy (non-hydrogen) atoms. The summed E-state index contributed by atoms with van der Waals surface area (Å²) < 4.78 is 0. The number of hydrogen-bond donors (Lipinski definition) is 1. The smallest absolute Gasteiger partial charge is 0.156 e. The van der Waals surface area contributed by atoms with E-state index in [1.165, 1.54) is 5.57 Å². The quantitative estimate of drug-likeness (QED) is 0.759. The lowest BCUT2D eigenvalue weighted by Crippen LogP contribution is -2.44. The third-order valence-electron chi connectivity index (χ3n) is 4.94. The molecule has 2 rings (SSSR count). The van der Waals surface area contributed by atoms with Crippen LogP contribution in [0.2, 0.25) is 0 Å². The molecule has 0 spiro atoms. The first-order valence-corrected chi connectivity index (χ1v) is 6.66. The summed E-state index contributed by atoms with van der Waals surface area (Å²) in [5, 5.41) is 10.2. The van der Waals surface area contributed by atoms with Crippen LogP contribution in [0.25, 0.3) is 0 Å². The molecule has 0 bridgehead atoms. The van der Waals surface area contributed by atoms with Gasteiger partial charge in [-0.3, -0.25) is 4.79 Å². The van der Waals surface area contributed by atoms with Crippen LogP contribution in [0.4, 0.5) is 0 Å². The molecule has 96 valence electrons. The van der Waals surface area contributed by atoms with Crippen LogP contribution < -0.4 is 0 Å². The van der Waals surface area contributed by atoms with E-state index in [1.54, 1.807) is 0 Å². The zero-order chi connectivity index (χ0) is 12.8. The molecule has 1 saturated carbocycles. The van der Waals surface area contributed by atoms with Crippen LogP contribution in [-0.2, 0) is 4.79 Å². The standard InChI is InChI=1S/C15H24O2/c1-10-7-12(16)9-15(4)6-5-11(8-13(10)15)14(2,3)17/h7,11,13,17H,5-6,8-9H2,1-4H3/t11-,13+,15+/m1/s1. The second kappa shape index (κ2) is 3.94. The molecule has 0 radical (unpaired) electrons. The van der Waals surface area contributed by atoms with E-state index >= 15 is 0 Å². The van der Waals surface area contributed by atoms with Crippen LogP contribution in [0.5, 0.6) is 0 Å². The Kier molecular flexibility index (Phi) is 2.97. The first-order valence-electron chi connectivity index (χ1n) is 6.66. The van der Waals surface area contributed by atoms with Crippen LogP contribution >= 0.6 is 0 Å². The molecular formula is C15H24O2. The average molecular weight is 236 g/mol. The van der Waals surface area contributed by atoms with E-state index < -0.39 is 5.60 Å². The Morgan fingerprint density at radius 2 is 2.12 bits per heavy atom. The van der Waals surface area contributed by atoms with Crippen LogP contribution in [-0.4, -0.2) is 16.5 Å². The summed E-state index contributed by atoms with van der Waals surface area (Å²) in [4.78, 5) is 11.7. The summed E-state index contributed by atoms with van der Waals surface area (Å²) in [6.45, 7) is 8.14. The van der Waals surface area contributed by atoms with Gasteiger partial charge < -0.3 is 5.11 Å². The van der Waals surface area contributed by atoms with Crippen molar-refractivity contribution in [1.82, 2.24) is 0 Å². The van der Waals surface area contributed by atoms with Crippen molar-refractivity contribution in [2.24, 2.45) is 17.3 Å². The van der Waals surface area contributed by atoms with Gasteiger partial charge in [0.25, 0.3) is 0 Å². The molecule has 0 aromatic carbocycles. The zero-order valence-corrected chi connectivity index (χ0v) is 11.4. The number of rotatable bonds is 1. The molecule has 2 heteroatoms. The van der Waals surface area contributed by atoms with Gasteiger partial charge in [-0.15, -0.1) is 0 Å². The molecule has 0 saturated heterocycles. The number of ketones is 1. The third kappa shape index (κ3) is 2.33. The maximum absolute atomic E-state index is 11.7. The molecule has 2 aliphatic carbocycles. The van der Waals surface area contributed by atoms with Gasteiger partial charge in [0.2, 0.25) is 0 Å². The molecule has 0 aromatic heterocycles. The van der Waals surface area contributed by atoms with Gasteiger partial charge in [-0.2, -0.15) is 0 Å². The maximum atomic E-state index is 11.7. The number of aliphatic hydroxyl groups is 1. The monoisotopic (exact) mass is 236 g/mol. The predicted molar refractivity (Wildman–Crippen MR) is 68.6 cm³/mol. The fourth-order valence-corrected chi connectivity index (χ4v) is 3.76. The predicted octanol–water partition coefficient (Wildman–Crippen LogP) is 3.10. The second-order valence-corrected chi connectivity index (χ2v) is 6.86. The summed E-state index contributed by atoms with van der Waals surface area (Å²) in [5.74, 6) is 1.12. The lowest BCUT2D eigenvalue weighted by atomic mass is 9.56. The van der Waals surface area contributed by atoms with E-state index in [4.69, 9.17) is 0 Å². The number of carbonyl (C=O) groups excluding carboxylic acids is 1. The Labute approximate surface area is 104 Å². The van der Waals surface area contributed by atoms with Crippen molar-refractivity contribution in [3.05, 3.63) is 11.6 Å². The fourth-order valence-electron chi connectivity index (χ4n) is 3.76. The summed E-state index contributed by atoms with van der Waals surface area (Å²) in [6.07, 6.45) is 5.63. The minimum atomic E-state index is -0.594. The van der Waals surface area contributed by atoms with E-state index in [9.17, 15) is 9.90 Å². The van der Waals surface area contributed by atoms with Crippen LogP contribution in [0, 0.1) is 17.3 Å². The highest BCUT2D eigenvalue weighted by atomic mass is 16.3. The van der Waals surface area contributed by atoms with Gasteiger partial charge >= 0.3 is 0 Å². The van der Waals surface area contributed by atoms with E-state index in [0.717, 1.165) is 19.3 Å². The molecule has 1 fully saturated rings. The van der Waals surface area contributed by atoms with Crippen LogP contribution in [0.3, 0.4) is 0 Å². The molecular weight excluding hydrogens is 212 g/mol. The Morgan fingerprint density at radius 1 is 1.47 bits per heavy atom. The van der Waals surface area contributed by atoms with Gasteiger partial charge in [-0.1, -0.05) is 12.5 Å². The molecule has 0 heterocycles. The van der Waals surface area contributed by atoms with Crippen molar-refractivity contribution in [1.29, 1.82) is 0 Å². The molecule has 1 N–H and O–H groups in total. The van der Waals surface area contributed by atoms with Gasteiger partial charge in [-0.25, -0.2) is 0 Å². The van der Waals surface area contributed by atoms with Gasteiger partial charge in [0.1, 0.15) is 0 Å². The minimum absolute atomic E-state index is 0.137. The molecule has 2 nitrogen and oxygen atoms in total. The minimum Gasteiger partial charge on any atom is -0.390 e. The summed E-state index contributed by atoms with van der Waals surface area (Å²) in [5.41, 5.74) is 0.762. The average Bonchev–Trinajstić information content (AvgIpc) is 2.13. The Bertz CT molecular complexity index is 362. The number of allylic oxidation sites excluding steroid dienone is 2. The van der Waals surface area contributed by atoms with Crippen molar-refractivity contribution in [2.45, 2.75) is 59.0 Å². The highest BCUT2D eigenvalue weighted by Crippen LogP contribution is 2.52. The van der Waals surface area contributed by atoms with E-state index in [0.29, 0.717) is 18.3 Å². The molecule has 3 atom stereocenters. The van der Waals surface area contributed by atoms with Crippen molar-refractivity contribution in [2.75, 3.05) is 0 Å². The molecule has 0 amide bonds. The SMILES string of the molecule is CC1=CC(=O)C[C@]2(C)CC[C@@H](C(C)(C)O)C[C@@H]12. The fraction of sp³-hybridized carbons (Fsp3) is 0.800. The van der Waals surface area contributed by atoms with Gasteiger partial charge in [0.05, 0.1) is 5.60 Å². The van der Waals surface area contributed by atoms with E-state index in [1.807, 2.05) is 19.9 Å². The second-order valence-electron chi connectivity index (χ2n) is 6.86. The topological polar surface area (TPSA) is 37.3 Å². The van der Waals surface area contributed by atoms with Crippen molar-refractivity contribution in [3.63, 3.8) is 0 Å². The highest BCUT2D eigenvalue weighted by molar-refractivity contribution is 5.92. The van der Waals surface area contributed by atoms with E-state index in [2.05, 4.69) is 13.8 Å². The number of hydrogen-bond acceptors (Lipinski definition) is 2. The van der Waals surface area contributed by atoms with Crippen molar-refractivity contribution < 1.29 is 9.90 Å². The Hall–Kier alpha value is -0.630. The number of carbonyl (C=O) groups is 1. The lowest BCUT2D eigenvalue weighted by molar-refractivity contribution is -0.120. The third-order valence-corrected chi connectivity index (χ3v) is 4.94. The molecule has 0 aliphatic heterocycles. The van der Waals surface area contributed by atoms with Crippen molar-refractivity contribution in [3.8, 4) is 0 Å². The summed E-state index contributed by atoms with van der Waals surface area (Å²) in [7, 11) is 0. The van der Waals surface area contributed by atoms with Crippen molar-refractivity contribution >= 4 is 5.78 Å². The zero-order valence-electron chi connectivity index (χ0n) is 11.4. The summed E-state index contributed by atoms with van der Waals surface area (Å²) >= 11 is 0. The van der Waals surface area contributed by atoms with Gasteiger partial charge in [-0.05, 0) is 63.4 Å². The van der Waals surface area contributed by atoms with Crippen LogP contribution in [0.1, 0.15) is 53.4 Å². The van der Waals surface area contributed by atoms with Crippen LogP contribution in [0.15, 0.2) is 11.6 Å². The van der Waals surface area contributed by atoms with E-state index in [-0.39, 0.29) is 11.2 Å². The normalized spacial score (nSPS) is 38.6. The maximum Gasteiger partial charge on any atom is 0.156 e. The van der Waals surface area contributed by atoms with Gasteiger partial charge in [0.15, 0.2) is 5.78 Å². The Balaban J connectivity index is 2.24.